The van der Waals surface area contributed by atoms with Gasteiger partial charge in [0, 0.05) is 44.3 Å². The lowest BCUT2D eigenvalue weighted by Gasteiger charge is -2.56. The Labute approximate surface area is 281 Å². The van der Waals surface area contributed by atoms with Crippen molar-refractivity contribution in [1.82, 2.24) is 21.3 Å². The van der Waals surface area contributed by atoms with Crippen LogP contribution in [0.1, 0.15) is 169 Å². The van der Waals surface area contributed by atoms with Gasteiger partial charge in [0.1, 0.15) is 0 Å². The van der Waals surface area contributed by atoms with E-state index in [1.807, 2.05) is 0 Å². The van der Waals surface area contributed by atoms with Gasteiger partial charge in [0.25, 0.3) is 0 Å². The summed E-state index contributed by atoms with van der Waals surface area (Å²) >= 11 is 0. The van der Waals surface area contributed by atoms with Crippen LogP contribution >= 0.6 is 0 Å². The smallest absolute Gasteiger partial charge is 0.0132 e. The van der Waals surface area contributed by atoms with Crippen LogP contribution in [0.4, 0.5) is 0 Å². The zero-order chi connectivity index (χ0) is 33.8. The molecule has 0 amide bonds. The molecule has 5 aliphatic rings. The molecule has 4 heterocycles. The molecule has 4 nitrogen and oxygen atoms in total. The van der Waals surface area contributed by atoms with Gasteiger partial charge in [0.05, 0.1) is 0 Å². The first-order chi connectivity index (χ1) is 20.1. The summed E-state index contributed by atoms with van der Waals surface area (Å²) in [4.78, 5) is 0. The molecule has 262 valence electrons. The zero-order valence-electron chi connectivity index (χ0n) is 33.0. The van der Waals surface area contributed by atoms with Crippen LogP contribution in [-0.2, 0) is 0 Å². The van der Waals surface area contributed by atoms with Crippen LogP contribution in [0.15, 0.2) is 0 Å². The molecule has 0 bridgehead atoms. The number of rotatable bonds is 4. The van der Waals surface area contributed by atoms with E-state index in [0.717, 1.165) is 47.3 Å². The van der Waals surface area contributed by atoms with Gasteiger partial charge in [-0.3, -0.25) is 0 Å². The van der Waals surface area contributed by atoms with Crippen molar-refractivity contribution in [2.75, 3.05) is 0 Å². The molecule has 4 atom stereocenters. The first-order valence-electron chi connectivity index (χ1n) is 19.2. The summed E-state index contributed by atoms with van der Waals surface area (Å²) in [7, 11) is 0. The highest BCUT2D eigenvalue weighted by Gasteiger charge is 2.59. The van der Waals surface area contributed by atoms with Crippen LogP contribution < -0.4 is 21.3 Å². The van der Waals surface area contributed by atoms with E-state index in [1.165, 1.54) is 57.8 Å². The summed E-state index contributed by atoms with van der Waals surface area (Å²) in [6.07, 6.45) is 12.0. The summed E-state index contributed by atoms with van der Waals surface area (Å²) < 4.78 is 0. The molecule has 4 heteroatoms. The predicted molar refractivity (Wildman–Crippen MR) is 195 cm³/mol. The van der Waals surface area contributed by atoms with Crippen LogP contribution in [0.3, 0.4) is 0 Å². The minimum absolute atomic E-state index is 0.178. The molecule has 5 fully saturated rings. The van der Waals surface area contributed by atoms with Gasteiger partial charge in [0.15, 0.2) is 0 Å². The Hall–Kier alpha value is -0.160. The second kappa shape index (κ2) is 11.2. The highest BCUT2D eigenvalue weighted by molar-refractivity contribution is 5.12. The van der Waals surface area contributed by atoms with Crippen molar-refractivity contribution >= 4 is 0 Å². The normalized spacial score (nSPS) is 39.5. The van der Waals surface area contributed by atoms with Gasteiger partial charge in [-0.15, -0.1) is 0 Å². The van der Waals surface area contributed by atoms with E-state index >= 15 is 0 Å². The molecule has 4 unspecified atom stereocenters. The molecule has 0 spiro atoms. The minimum atomic E-state index is 0.178. The van der Waals surface area contributed by atoms with Gasteiger partial charge < -0.3 is 21.3 Å². The molecule has 0 aromatic carbocycles. The average Bonchev–Trinajstić information content (AvgIpc) is 3.11. The van der Waals surface area contributed by atoms with E-state index < -0.39 is 0 Å². The first kappa shape index (κ1) is 36.1. The topological polar surface area (TPSA) is 48.1 Å². The fourth-order valence-electron chi connectivity index (χ4n) is 14.3. The molecule has 4 N–H and O–H groups in total. The van der Waals surface area contributed by atoms with Gasteiger partial charge in [0.2, 0.25) is 0 Å². The maximum atomic E-state index is 4.09. The van der Waals surface area contributed by atoms with Gasteiger partial charge >= 0.3 is 0 Å². The Bertz CT molecular complexity index is 929. The largest absolute Gasteiger partial charge is 0.307 e. The van der Waals surface area contributed by atoms with Crippen molar-refractivity contribution in [1.29, 1.82) is 0 Å². The van der Waals surface area contributed by atoms with Crippen molar-refractivity contribution in [3.63, 3.8) is 0 Å². The van der Waals surface area contributed by atoms with Crippen LogP contribution in [-0.4, -0.2) is 44.3 Å². The van der Waals surface area contributed by atoms with Crippen molar-refractivity contribution in [2.45, 2.75) is 213 Å². The number of piperidine rings is 4. The Morgan fingerprint density at radius 1 is 0.289 bits per heavy atom. The third-order valence-corrected chi connectivity index (χ3v) is 13.2. The van der Waals surface area contributed by atoms with E-state index in [9.17, 15) is 0 Å². The van der Waals surface area contributed by atoms with E-state index in [4.69, 9.17) is 0 Å². The second-order valence-corrected chi connectivity index (χ2v) is 23.0. The third kappa shape index (κ3) is 8.36. The fraction of sp³-hybridized carbons (Fsp3) is 1.00. The Morgan fingerprint density at radius 3 is 0.667 bits per heavy atom. The predicted octanol–water partition coefficient (Wildman–Crippen LogP) is 9.08. The van der Waals surface area contributed by atoms with Crippen molar-refractivity contribution < 1.29 is 0 Å². The summed E-state index contributed by atoms with van der Waals surface area (Å²) in [5.41, 5.74) is 1.47. The van der Waals surface area contributed by atoms with E-state index in [-0.39, 0.29) is 44.3 Å². The molecule has 5 rings (SSSR count). The van der Waals surface area contributed by atoms with Crippen LogP contribution in [0.25, 0.3) is 0 Å². The molecule has 4 saturated heterocycles. The van der Waals surface area contributed by atoms with E-state index in [2.05, 4.69) is 132 Å². The highest BCUT2D eigenvalue weighted by atomic mass is 15.1. The lowest BCUT2D eigenvalue weighted by atomic mass is 9.56. The molecule has 0 aromatic heterocycles. The molecule has 45 heavy (non-hydrogen) atoms. The van der Waals surface area contributed by atoms with Crippen LogP contribution in [0.2, 0.25) is 0 Å². The summed E-state index contributed by atoms with van der Waals surface area (Å²) in [6.45, 7) is 40.0. The Kier molecular flexibility index (Phi) is 8.97. The van der Waals surface area contributed by atoms with Crippen LogP contribution in [0, 0.1) is 47.3 Å². The lowest BCUT2D eigenvalue weighted by Crippen LogP contribution is -2.62. The van der Waals surface area contributed by atoms with Crippen LogP contribution in [0.5, 0.6) is 0 Å². The molecule has 0 radical (unpaired) electrons. The van der Waals surface area contributed by atoms with E-state index in [1.54, 1.807) is 0 Å². The lowest BCUT2D eigenvalue weighted by molar-refractivity contribution is -0.0231. The molecular weight excluding hydrogens is 548 g/mol. The maximum absolute atomic E-state index is 4.09. The summed E-state index contributed by atoms with van der Waals surface area (Å²) in [6, 6.07) is 0. The van der Waals surface area contributed by atoms with Gasteiger partial charge in [-0.05, 0) is 216 Å². The quantitative estimate of drug-likeness (QED) is 0.251. The third-order valence-electron chi connectivity index (χ3n) is 13.2. The Morgan fingerprint density at radius 2 is 0.467 bits per heavy atom. The standard InChI is InChI=1S/C41H78N4/c1-34(2)18-26(19-35(3,4)42-34)30-17-31(27-20-36(5,6)43-37(7,8)21-27)33(29-24-40(13,14)45-41(15,16)25-29)32(30)28-22-38(9,10)44-39(11,12)23-28/h26-33,42-45H,17-25H2,1-16H3. The highest BCUT2D eigenvalue weighted by Crippen LogP contribution is 2.63. The maximum Gasteiger partial charge on any atom is 0.0132 e. The second-order valence-electron chi connectivity index (χ2n) is 23.0. The molecular formula is C41H78N4. The van der Waals surface area contributed by atoms with Crippen molar-refractivity contribution in [3.05, 3.63) is 0 Å². The van der Waals surface area contributed by atoms with Gasteiger partial charge in [-0.1, -0.05) is 0 Å². The number of hydrogen-bond donors (Lipinski definition) is 4. The minimum Gasteiger partial charge on any atom is -0.307 e. The molecule has 1 aliphatic carbocycles. The number of hydrogen-bond acceptors (Lipinski definition) is 4. The summed E-state index contributed by atoms with van der Waals surface area (Å²) in [5.74, 6) is 6.39. The monoisotopic (exact) mass is 627 g/mol. The van der Waals surface area contributed by atoms with Gasteiger partial charge in [-0.25, -0.2) is 0 Å². The summed E-state index contributed by atoms with van der Waals surface area (Å²) in [5, 5.41) is 16.3. The molecule has 4 aliphatic heterocycles. The SMILES string of the molecule is CC1(C)CC(C2CC(C3CC(C)(C)NC(C)(C)C3)C(C3CC(C)(C)NC(C)(C)C3)C2C2CC(C)(C)NC(C)(C)C2)CC(C)(C)N1. The number of nitrogens with one attached hydrogen (secondary N) is 4. The average molecular weight is 627 g/mol. The van der Waals surface area contributed by atoms with Gasteiger partial charge in [-0.2, -0.15) is 0 Å². The molecule has 0 aromatic rings. The molecule has 1 saturated carbocycles. The van der Waals surface area contributed by atoms with Crippen molar-refractivity contribution in [2.24, 2.45) is 47.3 Å². The zero-order valence-corrected chi connectivity index (χ0v) is 33.0. The first-order valence-corrected chi connectivity index (χ1v) is 19.2. The van der Waals surface area contributed by atoms with Crippen molar-refractivity contribution in [3.8, 4) is 0 Å². The Balaban J connectivity index is 1.65. The van der Waals surface area contributed by atoms with E-state index in [0.29, 0.717) is 0 Å². The fourth-order valence-corrected chi connectivity index (χ4v) is 14.3.